The third-order valence-corrected chi connectivity index (χ3v) is 8.89. The minimum atomic E-state index is -3.66. The highest BCUT2D eigenvalue weighted by molar-refractivity contribution is 7.89. The second-order valence-corrected chi connectivity index (χ2v) is 11.1. The molecule has 5 nitrogen and oxygen atoms in total. The third kappa shape index (κ3) is 4.97. The quantitative estimate of drug-likeness (QED) is 0.667. The first-order valence-corrected chi connectivity index (χ1v) is 12.9. The summed E-state index contributed by atoms with van der Waals surface area (Å²) in [5, 5.41) is 10.5. The van der Waals surface area contributed by atoms with Gasteiger partial charge in [0.25, 0.3) is 0 Å². The van der Waals surface area contributed by atoms with Crippen LogP contribution in [0.4, 0.5) is 0 Å². The molecule has 0 aromatic heterocycles. The Labute approximate surface area is 189 Å². The fourth-order valence-electron chi connectivity index (χ4n) is 5.14. The summed E-state index contributed by atoms with van der Waals surface area (Å²) in [5.41, 5.74) is 3.00. The van der Waals surface area contributed by atoms with Crippen LogP contribution in [-0.4, -0.2) is 42.1 Å². The molecule has 2 aliphatic rings. The van der Waals surface area contributed by atoms with Gasteiger partial charge in [-0.2, -0.15) is 4.31 Å². The molecule has 2 fully saturated rings. The molecule has 0 amide bonds. The Hall–Kier alpha value is -1.89. The lowest BCUT2D eigenvalue weighted by Crippen LogP contribution is -2.56. The summed E-state index contributed by atoms with van der Waals surface area (Å²) >= 11 is 5.94. The van der Waals surface area contributed by atoms with Crippen molar-refractivity contribution in [1.29, 1.82) is 0 Å². The fraction of sp³-hybridized carbons (Fsp3) is 0.458. The van der Waals surface area contributed by atoms with Crippen LogP contribution in [0.15, 0.2) is 48.5 Å². The highest BCUT2D eigenvalue weighted by Gasteiger charge is 2.47. The van der Waals surface area contributed by atoms with E-state index in [-0.39, 0.29) is 11.7 Å². The van der Waals surface area contributed by atoms with E-state index in [0.717, 1.165) is 48.8 Å². The Morgan fingerprint density at radius 1 is 0.968 bits per heavy atom. The summed E-state index contributed by atoms with van der Waals surface area (Å²) < 4.78 is 27.5. The molecule has 1 saturated heterocycles. The van der Waals surface area contributed by atoms with Gasteiger partial charge in [-0.05, 0) is 59.9 Å². The molecule has 1 heterocycles. The van der Waals surface area contributed by atoms with Gasteiger partial charge in [-0.3, -0.25) is 4.79 Å². The number of hydrogen-bond donors (Lipinski definition) is 1. The highest BCUT2D eigenvalue weighted by atomic mass is 35.5. The monoisotopic (exact) mass is 461 g/mol. The Kier molecular flexibility index (Phi) is 6.70. The maximum atomic E-state index is 13.1. The zero-order valence-corrected chi connectivity index (χ0v) is 19.0. The summed E-state index contributed by atoms with van der Waals surface area (Å²) in [6.07, 6.45) is 5.05. The SMILES string of the molecule is O=C(O)C1C2CCCCC2CCN1S(=O)(=O)CCc1ccc(-c2ccc(Cl)cc2)cc1. The van der Waals surface area contributed by atoms with Gasteiger partial charge in [-0.15, -0.1) is 0 Å². The molecule has 1 saturated carbocycles. The molecule has 4 rings (SSSR count). The van der Waals surface area contributed by atoms with Crippen molar-refractivity contribution in [3.05, 3.63) is 59.1 Å². The van der Waals surface area contributed by atoms with Crippen molar-refractivity contribution in [3.8, 4) is 11.1 Å². The van der Waals surface area contributed by atoms with E-state index >= 15 is 0 Å². The number of aryl methyl sites for hydroxylation is 1. The first-order chi connectivity index (χ1) is 14.8. The summed E-state index contributed by atoms with van der Waals surface area (Å²) in [5.74, 6) is -0.809. The number of rotatable bonds is 6. The average Bonchev–Trinajstić information content (AvgIpc) is 2.77. The lowest BCUT2D eigenvalue weighted by Gasteiger charge is -2.44. The molecule has 0 spiro atoms. The van der Waals surface area contributed by atoms with Gasteiger partial charge in [0.15, 0.2) is 0 Å². The molecule has 1 aliphatic heterocycles. The zero-order valence-electron chi connectivity index (χ0n) is 17.4. The van der Waals surface area contributed by atoms with Crippen molar-refractivity contribution >= 4 is 27.6 Å². The van der Waals surface area contributed by atoms with Gasteiger partial charge >= 0.3 is 5.97 Å². The minimum absolute atomic E-state index is 0.0616. The number of nitrogens with zero attached hydrogens (tertiary/aromatic N) is 1. The Morgan fingerprint density at radius 3 is 2.23 bits per heavy atom. The van der Waals surface area contributed by atoms with Crippen LogP contribution >= 0.6 is 11.6 Å². The molecule has 2 aromatic carbocycles. The van der Waals surface area contributed by atoms with Gasteiger partial charge in [0.2, 0.25) is 10.0 Å². The summed E-state index contributed by atoms with van der Waals surface area (Å²) in [6, 6.07) is 14.5. The number of carbonyl (C=O) groups is 1. The molecular formula is C24H28ClNO4S. The van der Waals surface area contributed by atoms with Crippen LogP contribution < -0.4 is 0 Å². The molecule has 7 heteroatoms. The summed E-state index contributed by atoms with van der Waals surface area (Å²) in [6.45, 7) is 0.315. The topological polar surface area (TPSA) is 74.7 Å². The van der Waals surface area contributed by atoms with Crippen LogP contribution in [0.3, 0.4) is 0 Å². The summed E-state index contributed by atoms with van der Waals surface area (Å²) in [4.78, 5) is 12.0. The minimum Gasteiger partial charge on any atom is -0.480 e. The van der Waals surface area contributed by atoms with Crippen LogP contribution in [0.1, 0.15) is 37.7 Å². The number of hydrogen-bond acceptors (Lipinski definition) is 3. The van der Waals surface area contributed by atoms with Gasteiger partial charge in [0.05, 0.1) is 5.75 Å². The van der Waals surface area contributed by atoms with Gasteiger partial charge in [-0.25, -0.2) is 8.42 Å². The Morgan fingerprint density at radius 2 is 1.58 bits per heavy atom. The standard InChI is InChI=1S/C24H28ClNO4S/c25-21-11-9-19(10-12-21)18-7-5-17(6-8-18)14-16-31(29,30)26-15-13-20-3-1-2-4-22(20)23(26)24(27)28/h5-12,20,22-23H,1-4,13-16H2,(H,27,28). The molecule has 0 radical (unpaired) electrons. The van der Waals surface area contributed by atoms with Crippen molar-refractivity contribution in [2.24, 2.45) is 11.8 Å². The number of fused-ring (bicyclic) bond motifs is 1. The predicted molar refractivity (Wildman–Crippen MR) is 123 cm³/mol. The third-order valence-electron chi connectivity index (χ3n) is 6.79. The predicted octanol–water partition coefficient (Wildman–Crippen LogP) is 4.84. The van der Waals surface area contributed by atoms with E-state index in [1.807, 2.05) is 48.5 Å². The van der Waals surface area contributed by atoms with E-state index in [4.69, 9.17) is 11.6 Å². The van der Waals surface area contributed by atoms with Gasteiger partial charge in [-0.1, -0.05) is 67.3 Å². The summed E-state index contributed by atoms with van der Waals surface area (Å²) in [7, 11) is -3.66. The molecule has 2 aromatic rings. The smallest absolute Gasteiger partial charge is 0.322 e. The zero-order chi connectivity index (χ0) is 22.0. The fourth-order valence-corrected chi connectivity index (χ4v) is 6.98. The first-order valence-electron chi connectivity index (χ1n) is 10.9. The molecule has 1 N–H and O–H groups in total. The van der Waals surface area contributed by atoms with E-state index in [1.165, 1.54) is 4.31 Å². The number of carboxylic acid groups (broad SMARTS) is 1. The van der Waals surface area contributed by atoms with E-state index in [0.29, 0.717) is 23.9 Å². The van der Waals surface area contributed by atoms with Gasteiger partial charge in [0, 0.05) is 11.6 Å². The van der Waals surface area contributed by atoms with Crippen LogP contribution in [-0.2, 0) is 21.2 Å². The van der Waals surface area contributed by atoms with E-state index in [2.05, 4.69) is 0 Å². The Balaban J connectivity index is 1.44. The molecule has 3 atom stereocenters. The maximum absolute atomic E-state index is 13.1. The lowest BCUT2D eigenvalue weighted by atomic mass is 9.71. The molecule has 31 heavy (non-hydrogen) atoms. The van der Waals surface area contributed by atoms with E-state index < -0.39 is 22.0 Å². The molecule has 3 unspecified atom stereocenters. The largest absolute Gasteiger partial charge is 0.480 e. The van der Waals surface area contributed by atoms with Gasteiger partial charge in [0.1, 0.15) is 6.04 Å². The van der Waals surface area contributed by atoms with Crippen LogP contribution in [0.25, 0.3) is 11.1 Å². The number of aliphatic carboxylic acids is 1. The van der Waals surface area contributed by atoms with Crippen molar-refractivity contribution in [2.75, 3.05) is 12.3 Å². The van der Waals surface area contributed by atoms with Crippen molar-refractivity contribution in [1.82, 2.24) is 4.31 Å². The van der Waals surface area contributed by atoms with Crippen LogP contribution in [0.2, 0.25) is 5.02 Å². The number of benzene rings is 2. The number of halogens is 1. The first kappa shape index (κ1) is 22.3. The molecular weight excluding hydrogens is 434 g/mol. The molecule has 166 valence electrons. The number of sulfonamides is 1. The second kappa shape index (κ2) is 9.31. The lowest BCUT2D eigenvalue weighted by molar-refractivity contribution is -0.146. The van der Waals surface area contributed by atoms with Crippen LogP contribution in [0.5, 0.6) is 0 Å². The van der Waals surface area contributed by atoms with Gasteiger partial charge < -0.3 is 5.11 Å². The van der Waals surface area contributed by atoms with Crippen molar-refractivity contribution < 1.29 is 18.3 Å². The van der Waals surface area contributed by atoms with Crippen molar-refractivity contribution in [2.45, 2.75) is 44.6 Å². The van der Waals surface area contributed by atoms with Crippen LogP contribution in [0, 0.1) is 11.8 Å². The number of piperidine rings is 1. The Bertz CT molecular complexity index is 1020. The maximum Gasteiger partial charge on any atom is 0.322 e. The average molecular weight is 462 g/mol. The van der Waals surface area contributed by atoms with E-state index in [9.17, 15) is 18.3 Å². The number of carboxylic acids is 1. The highest BCUT2D eigenvalue weighted by Crippen LogP contribution is 2.41. The molecule has 1 aliphatic carbocycles. The van der Waals surface area contributed by atoms with E-state index in [1.54, 1.807) is 0 Å². The second-order valence-electron chi connectivity index (χ2n) is 8.66. The molecule has 0 bridgehead atoms. The van der Waals surface area contributed by atoms with Crippen molar-refractivity contribution in [3.63, 3.8) is 0 Å². The normalized spacial score (nSPS) is 24.5.